The molecule has 4 heterocycles. The van der Waals surface area contributed by atoms with Gasteiger partial charge in [0.05, 0.1) is 25.0 Å². The van der Waals surface area contributed by atoms with E-state index in [0.717, 1.165) is 55.4 Å². The maximum Gasteiger partial charge on any atom is 0.246 e. The number of fused-ring (bicyclic) bond motifs is 1. The molecule has 41 heavy (non-hydrogen) atoms. The SMILES string of the molecule is C=CC(=O)N1CCC(n2c(Nc3ccccc3)nc3cnc(Nc4ccc(N5CCN(C)CC5)cc4OC)nc32)C1. The number of nitrogens with one attached hydrogen (secondary N) is 2. The van der Waals surface area contributed by atoms with Crippen molar-refractivity contribution in [1.29, 1.82) is 0 Å². The molecule has 11 heteroatoms. The van der Waals surface area contributed by atoms with E-state index in [1.807, 2.05) is 41.3 Å². The van der Waals surface area contributed by atoms with Crippen molar-refractivity contribution in [2.75, 3.05) is 69.0 Å². The molecule has 2 saturated heterocycles. The second-order valence-corrected chi connectivity index (χ2v) is 10.4. The third-order valence-corrected chi connectivity index (χ3v) is 7.78. The van der Waals surface area contributed by atoms with Crippen LogP contribution in [0, 0.1) is 0 Å². The number of benzene rings is 2. The number of ether oxygens (including phenoxy) is 1. The summed E-state index contributed by atoms with van der Waals surface area (Å²) in [7, 11) is 3.82. The number of para-hydroxylation sites is 1. The minimum atomic E-state index is -0.0708. The fraction of sp³-hybridized carbons (Fsp3) is 0.333. The molecule has 11 nitrogen and oxygen atoms in total. The molecular weight excluding hydrogens is 518 g/mol. The van der Waals surface area contributed by atoms with Gasteiger partial charge in [0.1, 0.15) is 11.3 Å². The number of amides is 1. The zero-order valence-electron chi connectivity index (χ0n) is 23.5. The topological polar surface area (TPSA) is 104 Å². The summed E-state index contributed by atoms with van der Waals surface area (Å²) in [5, 5.41) is 6.79. The lowest BCUT2D eigenvalue weighted by Crippen LogP contribution is -2.44. The van der Waals surface area contributed by atoms with Gasteiger partial charge in [0, 0.05) is 56.7 Å². The molecule has 2 aromatic carbocycles. The number of methoxy groups -OCH3 is 1. The predicted octanol–water partition coefficient (Wildman–Crippen LogP) is 4.03. The van der Waals surface area contributed by atoms with Crippen molar-refractivity contribution in [2.24, 2.45) is 0 Å². The minimum absolute atomic E-state index is 0.00438. The van der Waals surface area contributed by atoms with Gasteiger partial charge in [-0.15, -0.1) is 0 Å². The maximum absolute atomic E-state index is 12.3. The largest absolute Gasteiger partial charge is 0.494 e. The Balaban J connectivity index is 1.32. The van der Waals surface area contributed by atoms with E-state index in [4.69, 9.17) is 14.7 Å². The first-order chi connectivity index (χ1) is 20.0. The predicted molar refractivity (Wildman–Crippen MR) is 161 cm³/mol. The summed E-state index contributed by atoms with van der Waals surface area (Å²) in [5.41, 5.74) is 4.18. The fourth-order valence-electron chi connectivity index (χ4n) is 5.48. The number of imidazole rings is 1. The molecule has 0 radical (unpaired) electrons. The Labute approximate surface area is 239 Å². The lowest BCUT2D eigenvalue weighted by atomic mass is 10.2. The number of hydrogen-bond acceptors (Lipinski definition) is 9. The van der Waals surface area contributed by atoms with Crippen LogP contribution in [-0.2, 0) is 4.79 Å². The molecule has 2 aliphatic rings. The van der Waals surface area contributed by atoms with Gasteiger partial charge in [-0.1, -0.05) is 24.8 Å². The molecule has 0 bridgehead atoms. The average Bonchev–Trinajstić information content (AvgIpc) is 3.62. The van der Waals surface area contributed by atoms with Crippen molar-refractivity contribution >= 4 is 46.0 Å². The van der Waals surface area contributed by atoms with Crippen molar-refractivity contribution in [3.8, 4) is 5.75 Å². The molecule has 1 unspecified atom stereocenters. The highest BCUT2D eigenvalue weighted by atomic mass is 16.5. The Hall–Kier alpha value is -4.64. The van der Waals surface area contributed by atoms with Crippen LogP contribution in [0.15, 0.2) is 67.4 Å². The molecule has 212 valence electrons. The van der Waals surface area contributed by atoms with Crippen LogP contribution in [0.5, 0.6) is 5.75 Å². The van der Waals surface area contributed by atoms with Crippen LogP contribution in [0.1, 0.15) is 12.5 Å². The monoisotopic (exact) mass is 553 g/mol. The van der Waals surface area contributed by atoms with Crippen LogP contribution in [-0.4, -0.2) is 88.7 Å². The van der Waals surface area contributed by atoms with Crippen molar-refractivity contribution in [2.45, 2.75) is 12.5 Å². The Kier molecular flexibility index (Phi) is 7.43. The molecule has 0 spiro atoms. The van der Waals surface area contributed by atoms with Gasteiger partial charge in [0.15, 0.2) is 5.65 Å². The van der Waals surface area contributed by atoms with Crippen molar-refractivity contribution < 1.29 is 9.53 Å². The average molecular weight is 554 g/mol. The van der Waals surface area contributed by atoms with E-state index in [1.165, 1.54) is 6.08 Å². The fourth-order valence-corrected chi connectivity index (χ4v) is 5.48. The van der Waals surface area contributed by atoms with Crippen LogP contribution in [0.3, 0.4) is 0 Å². The van der Waals surface area contributed by atoms with Crippen molar-refractivity contribution in [3.05, 3.63) is 67.4 Å². The Morgan fingerprint density at radius 2 is 1.85 bits per heavy atom. The summed E-state index contributed by atoms with van der Waals surface area (Å²) in [6, 6.07) is 16.1. The number of hydrogen-bond donors (Lipinski definition) is 2. The molecule has 1 amide bonds. The second kappa shape index (κ2) is 11.5. The number of nitrogens with zero attached hydrogens (tertiary/aromatic N) is 7. The highest BCUT2D eigenvalue weighted by Crippen LogP contribution is 2.34. The van der Waals surface area contributed by atoms with Crippen LogP contribution in [0.4, 0.5) is 29.0 Å². The van der Waals surface area contributed by atoms with Crippen LogP contribution in [0.25, 0.3) is 11.2 Å². The molecule has 2 fully saturated rings. The van der Waals surface area contributed by atoms with Gasteiger partial charge in [0.2, 0.25) is 17.8 Å². The van der Waals surface area contributed by atoms with E-state index in [2.05, 4.69) is 55.7 Å². The van der Waals surface area contributed by atoms with E-state index >= 15 is 0 Å². The summed E-state index contributed by atoms with van der Waals surface area (Å²) < 4.78 is 7.83. The number of rotatable bonds is 8. The first-order valence-corrected chi connectivity index (χ1v) is 13.9. The second-order valence-electron chi connectivity index (χ2n) is 10.4. The smallest absolute Gasteiger partial charge is 0.246 e. The molecule has 4 aromatic rings. The molecule has 2 N–H and O–H groups in total. The van der Waals surface area contributed by atoms with Gasteiger partial charge < -0.3 is 30.1 Å². The number of aromatic nitrogens is 4. The summed E-state index contributed by atoms with van der Waals surface area (Å²) >= 11 is 0. The third kappa shape index (κ3) is 5.53. The summed E-state index contributed by atoms with van der Waals surface area (Å²) in [5.74, 6) is 1.75. The van der Waals surface area contributed by atoms with Crippen LogP contribution < -0.4 is 20.3 Å². The molecule has 0 saturated carbocycles. The standard InChI is InChI=1S/C30H35N9O2/c1-4-27(40)38-13-12-23(20-38)39-28-25(34-30(39)32-21-8-6-5-7-9-21)19-31-29(35-28)33-24-11-10-22(18-26(24)41-3)37-16-14-36(2)15-17-37/h4-11,18-19,23H,1,12-17,20H2,2-3H3,(H,32,34)(H,31,33,35). The van der Waals surface area contributed by atoms with Crippen molar-refractivity contribution in [1.82, 2.24) is 29.3 Å². The zero-order chi connectivity index (χ0) is 28.3. The zero-order valence-corrected chi connectivity index (χ0v) is 23.5. The van der Waals surface area contributed by atoms with Crippen molar-refractivity contribution in [3.63, 3.8) is 0 Å². The molecule has 0 aliphatic carbocycles. The normalized spacial score (nSPS) is 17.6. The van der Waals surface area contributed by atoms with Gasteiger partial charge >= 0.3 is 0 Å². The van der Waals surface area contributed by atoms with Gasteiger partial charge in [0.25, 0.3) is 0 Å². The number of carbonyl (C=O) groups excluding carboxylic acids is 1. The van der Waals surface area contributed by atoms with Gasteiger partial charge in [-0.2, -0.15) is 4.98 Å². The van der Waals surface area contributed by atoms with E-state index in [9.17, 15) is 4.79 Å². The number of likely N-dealkylation sites (tertiary alicyclic amines) is 1. The number of likely N-dealkylation sites (N-methyl/N-ethyl adjacent to an activating group) is 1. The highest BCUT2D eigenvalue weighted by molar-refractivity contribution is 5.87. The lowest BCUT2D eigenvalue weighted by molar-refractivity contribution is -0.125. The first-order valence-electron chi connectivity index (χ1n) is 13.9. The molecule has 6 rings (SSSR count). The molecule has 1 atom stereocenters. The van der Waals surface area contributed by atoms with Gasteiger partial charge in [-0.3, -0.25) is 9.36 Å². The van der Waals surface area contributed by atoms with Crippen LogP contribution >= 0.6 is 0 Å². The quantitative estimate of drug-likeness (QED) is 0.313. The highest BCUT2D eigenvalue weighted by Gasteiger charge is 2.30. The Bertz CT molecular complexity index is 1550. The maximum atomic E-state index is 12.3. The number of anilines is 5. The molecular formula is C30H35N9O2. The molecule has 2 aliphatic heterocycles. The number of carbonyl (C=O) groups is 1. The molecule has 2 aromatic heterocycles. The summed E-state index contributed by atoms with van der Waals surface area (Å²) in [6.07, 6.45) is 3.87. The van der Waals surface area contributed by atoms with Gasteiger partial charge in [-0.25, -0.2) is 9.97 Å². The first kappa shape index (κ1) is 26.6. The Morgan fingerprint density at radius 3 is 2.61 bits per heavy atom. The number of piperazine rings is 1. The summed E-state index contributed by atoms with van der Waals surface area (Å²) in [6.45, 7) is 8.87. The lowest BCUT2D eigenvalue weighted by Gasteiger charge is -2.34. The summed E-state index contributed by atoms with van der Waals surface area (Å²) in [4.78, 5) is 33.2. The van der Waals surface area contributed by atoms with E-state index in [0.29, 0.717) is 36.2 Å². The van der Waals surface area contributed by atoms with E-state index in [-0.39, 0.29) is 11.9 Å². The van der Waals surface area contributed by atoms with E-state index < -0.39 is 0 Å². The minimum Gasteiger partial charge on any atom is -0.494 e. The Morgan fingerprint density at radius 1 is 1.05 bits per heavy atom. The van der Waals surface area contributed by atoms with E-state index in [1.54, 1.807) is 13.3 Å². The van der Waals surface area contributed by atoms with Gasteiger partial charge in [-0.05, 0) is 43.8 Å². The third-order valence-electron chi connectivity index (χ3n) is 7.78. The van der Waals surface area contributed by atoms with Crippen LogP contribution in [0.2, 0.25) is 0 Å².